The summed E-state index contributed by atoms with van der Waals surface area (Å²) in [4.78, 5) is 66.6. The lowest BCUT2D eigenvalue weighted by atomic mass is 9.59. The summed E-state index contributed by atoms with van der Waals surface area (Å²) in [6.45, 7) is 3.50. The molecular formula is C31H24BrNO8. The van der Waals surface area contributed by atoms with Crippen molar-refractivity contribution in [3.8, 4) is 11.5 Å². The monoisotopic (exact) mass is 617 g/mol. The van der Waals surface area contributed by atoms with Crippen molar-refractivity contribution in [3.63, 3.8) is 0 Å². The van der Waals surface area contributed by atoms with Crippen LogP contribution >= 0.6 is 15.9 Å². The third kappa shape index (κ3) is 3.92. The van der Waals surface area contributed by atoms with Gasteiger partial charge in [-0.3, -0.25) is 19.2 Å². The molecule has 9 nitrogen and oxygen atoms in total. The lowest BCUT2D eigenvalue weighted by Gasteiger charge is -2.42. The number of nitrogens with zero attached hydrogens (tertiary/aromatic N) is 1. The number of carboxylic acids is 1. The van der Waals surface area contributed by atoms with E-state index in [4.69, 9.17) is 0 Å². The zero-order valence-corrected chi connectivity index (χ0v) is 23.6. The summed E-state index contributed by atoms with van der Waals surface area (Å²) in [5, 5.41) is 29.9. The Morgan fingerprint density at radius 3 is 2.29 bits per heavy atom. The van der Waals surface area contributed by atoms with Crippen molar-refractivity contribution in [3.05, 3.63) is 85.9 Å². The van der Waals surface area contributed by atoms with Crippen LogP contribution in [0.3, 0.4) is 0 Å². The van der Waals surface area contributed by atoms with Crippen molar-refractivity contribution in [2.45, 2.75) is 32.6 Å². The summed E-state index contributed by atoms with van der Waals surface area (Å²) < 4.78 is 0.127. The van der Waals surface area contributed by atoms with Crippen molar-refractivity contribution >= 4 is 51.0 Å². The van der Waals surface area contributed by atoms with Crippen LogP contribution in [-0.2, 0) is 19.2 Å². The Morgan fingerprint density at radius 2 is 1.66 bits per heavy atom. The Hall–Kier alpha value is -4.31. The summed E-state index contributed by atoms with van der Waals surface area (Å²) >= 11 is 3.21. The number of allylic oxidation sites excluding steroid dienone is 6. The van der Waals surface area contributed by atoms with Gasteiger partial charge in [-0.15, -0.1) is 0 Å². The molecule has 4 atom stereocenters. The summed E-state index contributed by atoms with van der Waals surface area (Å²) in [5.74, 6) is -6.19. The van der Waals surface area contributed by atoms with E-state index in [0.29, 0.717) is 27.8 Å². The number of amides is 2. The Labute approximate surface area is 242 Å². The van der Waals surface area contributed by atoms with Crippen LogP contribution in [0.1, 0.15) is 45.8 Å². The Bertz CT molecular complexity index is 1710. The molecule has 41 heavy (non-hydrogen) atoms. The van der Waals surface area contributed by atoms with Gasteiger partial charge < -0.3 is 15.3 Å². The quantitative estimate of drug-likeness (QED) is 0.261. The fourth-order valence-electron chi connectivity index (χ4n) is 6.84. The molecule has 6 rings (SSSR count). The highest BCUT2D eigenvalue weighted by Crippen LogP contribution is 2.56. The summed E-state index contributed by atoms with van der Waals surface area (Å²) in [5.41, 5.74) is 3.02. The number of carbonyl (C=O) groups excluding carboxylic acids is 4. The van der Waals surface area contributed by atoms with Gasteiger partial charge in [0.1, 0.15) is 17.1 Å². The van der Waals surface area contributed by atoms with Crippen molar-refractivity contribution in [1.82, 2.24) is 0 Å². The van der Waals surface area contributed by atoms with E-state index in [1.54, 1.807) is 26.0 Å². The first-order valence-electron chi connectivity index (χ1n) is 13.0. The molecule has 4 aliphatic rings. The molecule has 3 N–H and O–H groups in total. The highest BCUT2D eigenvalue weighted by molar-refractivity contribution is 9.12. The predicted molar refractivity (Wildman–Crippen MR) is 150 cm³/mol. The van der Waals surface area contributed by atoms with Gasteiger partial charge in [-0.05, 0) is 77.4 Å². The van der Waals surface area contributed by atoms with Crippen LogP contribution in [0.25, 0.3) is 0 Å². The zero-order valence-electron chi connectivity index (χ0n) is 22.0. The fraction of sp³-hybridized carbons (Fsp3) is 0.258. The topological polar surface area (TPSA) is 149 Å². The van der Waals surface area contributed by atoms with Crippen molar-refractivity contribution in [2.24, 2.45) is 17.8 Å². The number of carboxylic acid groups (broad SMARTS) is 1. The number of aromatic carboxylic acids is 1. The van der Waals surface area contributed by atoms with E-state index >= 15 is 0 Å². The number of phenolic OH excluding ortho intramolecular Hbond substituents is 1. The Morgan fingerprint density at radius 1 is 0.976 bits per heavy atom. The number of phenols is 2. The molecule has 3 aliphatic carbocycles. The van der Waals surface area contributed by atoms with Crippen LogP contribution in [0.4, 0.5) is 5.69 Å². The van der Waals surface area contributed by atoms with E-state index in [1.165, 1.54) is 12.1 Å². The third-order valence-corrected chi connectivity index (χ3v) is 9.24. The maximum atomic E-state index is 14.0. The van der Waals surface area contributed by atoms with E-state index in [-0.39, 0.29) is 45.9 Å². The molecule has 0 unspecified atom stereocenters. The number of aryl methyl sites for hydroxylation is 2. The van der Waals surface area contributed by atoms with Crippen molar-refractivity contribution < 1.29 is 39.3 Å². The number of ketones is 2. The molecule has 0 radical (unpaired) electrons. The highest BCUT2D eigenvalue weighted by atomic mass is 79.9. The van der Waals surface area contributed by atoms with E-state index in [9.17, 15) is 39.3 Å². The molecule has 0 aromatic heterocycles. The molecule has 0 spiro atoms. The first kappa shape index (κ1) is 26.9. The number of imide groups is 1. The van der Waals surface area contributed by atoms with Crippen molar-refractivity contribution in [2.75, 3.05) is 4.90 Å². The van der Waals surface area contributed by atoms with Crippen molar-refractivity contribution in [1.29, 1.82) is 0 Å². The number of rotatable bonds is 3. The second-order valence-corrected chi connectivity index (χ2v) is 11.8. The number of halogens is 1. The number of Topliss-reactive ketones (excluding diaryl/α,β-unsaturated/α-hetero) is 1. The lowest BCUT2D eigenvalue weighted by Crippen LogP contribution is -2.39. The van der Waals surface area contributed by atoms with Gasteiger partial charge in [-0.25, -0.2) is 9.69 Å². The molecule has 1 heterocycles. The molecule has 2 amide bonds. The van der Waals surface area contributed by atoms with E-state index < -0.39 is 47.2 Å². The number of benzene rings is 2. The van der Waals surface area contributed by atoms with Gasteiger partial charge in [0.05, 0.1) is 22.0 Å². The SMILES string of the molecule is Cc1cc([C@H]2C3=CC[C@@H]4C(=O)N(c5ccc(C(=O)O)c(O)c5)C(=O)[C@@H]4[C@@H]3CC3=C2C(=O)C=C(Br)C3=O)cc(C)c1O. The summed E-state index contributed by atoms with van der Waals surface area (Å²) in [7, 11) is 0. The van der Waals surface area contributed by atoms with Gasteiger partial charge in [0.15, 0.2) is 11.6 Å². The molecule has 1 aliphatic heterocycles. The standard InChI is InChI=1S/C31H24BrNO8/c1-12-7-14(8-13(2)27(12)36)24-16-5-6-18-25(19(16)10-20-26(24)23(35)11-21(32)28(20)37)30(39)33(29(18)38)15-3-4-17(31(40)41)22(34)9-15/h3-5,7-9,11,18-19,24-25,34,36H,6,10H2,1-2H3,(H,40,41)/t18-,19+,24-,25-/m0/s1. The van der Waals surface area contributed by atoms with Crippen LogP contribution in [0.2, 0.25) is 0 Å². The van der Waals surface area contributed by atoms with E-state index in [2.05, 4.69) is 15.9 Å². The molecule has 1 saturated heterocycles. The number of fused-ring (bicyclic) bond motifs is 3. The molecule has 1 fully saturated rings. The Kier molecular flexibility index (Phi) is 6.15. The predicted octanol–water partition coefficient (Wildman–Crippen LogP) is 4.38. The van der Waals surface area contributed by atoms with Gasteiger partial charge >= 0.3 is 5.97 Å². The highest BCUT2D eigenvalue weighted by Gasteiger charge is 2.56. The molecule has 2 aromatic carbocycles. The third-order valence-electron chi connectivity index (χ3n) is 8.65. The maximum absolute atomic E-state index is 14.0. The summed E-state index contributed by atoms with van der Waals surface area (Å²) in [6.07, 6.45) is 3.48. The van der Waals surface area contributed by atoms with Crippen LogP contribution in [-0.4, -0.2) is 44.7 Å². The van der Waals surface area contributed by atoms with Gasteiger partial charge in [0.25, 0.3) is 0 Å². The second kappa shape index (κ2) is 9.37. The number of carbonyl (C=O) groups is 5. The normalized spacial score (nSPS) is 25.5. The number of hydrogen-bond acceptors (Lipinski definition) is 7. The molecule has 0 saturated carbocycles. The fourth-order valence-corrected chi connectivity index (χ4v) is 7.28. The minimum atomic E-state index is -1.35. The van der Waals surface area contributed by atoms with Gasteiger partial charge in [-0.1, -0.05) is 23.8 Å². The number of hydrogen-bond donors (Lipinski definition) is 3. The average molecular weight is 618 g/mol. The minimum absolute atomic E-state index is 0.0603. The van der Waals surface area contributed by atoms with Crippen LogP contribution in [0.15, 0.2) is 63.7 Å². The van der Waals surface area contributed by atoms with Crippen LogP contribution < -0.4 is 4.90 Å². The number of aromatic hydroxyl groups is 2. The molecule has 208 valence electrons. The molecular weight excluding hydrogens is 594 g/mol. The lowest BCUT2D eigenvalue weighted by molar-refractivity contribution is -0.123. The summed E-state index contributed by atoms with van der Waals surface area (Å²) in [6, 6.07) is 7.08. The first-order valence-corrected chi connectivity index (χ1v) is 13.8. The molecule has 0 bridgehead atoms. The number of anilines is 1. The van der Waals surface area contributed by atoms with Gasteiger partial charge in [-0.2, -0.15) is 0 Å². The van der Waals surface area contributed by atoms with Crippen LogP contribution in [0.5, 0.6) is 11.5 Å². The maximum Gasteiger partial charge on any atom is 0.339 e. The molecule has 10 heteroatoms. The van der Waals surface area contributed by atoms with Gasteiger partial charge in [0.2, 0.25) is 11.8 Å². The Balaban J connectivity index is 1.48. The van der Waals surface area contributed by atoms with E-state index in [0.717, 1.165) is 22.6 Å². The van der Waals surface area contributed by atoms with E-state index in [1.807, 2.05) is 6.08 Å². The second-order valence-electron chi connectivity index (χ2n) is 10.9. The average Bonchev–Trinajstić information content (AvgIpc) is 3.18. The van der Waals surface area contributed by atoms with Gasteiger partial charge in [0, 0.05) is 29.2 Å². The minimum Gasteiger partial charge on any atom is -0.507 e. The first-order chi connectivity index (χ1) is 19.4. The zero-order chi connectivity index (χ0) is 29.5. The largest absolute Gasteiger partial charge is 0.507 e. The van der Waals surface area contributed by atoms with Crippen LogP contribution in [0, 0.1) is 31.6 Å². The smallest absolute Gasteiger partial charge is 0.339 e. The molecule has 2 aromatic rings.